The fourth-order valence-electron chi connectivity index (χ4n) is 1.11. The third-order valence-corrected chi connectivity index (χ3v) is 3.97. The van der Waals surface area contributed by atoms with E-state index in [2.05, 4.69) is 4.98 Å². The second kappa shape index (κ2) is 4.86. The molecule has 6 heteroatoms. The molecule has 0 bridgehead atoms. The molecule has 0 spiro atoms. The van der Waals surface area contributed by atoms with E-state index in [4.69, 9.17) is 16.7 Å². The number of aromatic carboxylic acids is 1. The maximum Gasteiger partial charge on any atom is 0.336 e. The van der Waals surface area contributed by atoms with Crippen LogP contribution in [0.3, 0.4) is 0 Å². The van der Waals surface area contributed by atoms with E-state index in [1.165, 1.54) is 29.2 Å². The van der Waals surface area contributed by atoms with E-state index in [-0.39, 0.29) is 5.56 Å². The number of nitrogens with zero attached hydrogens (tertiary/aromatic N) is 1. The van der Waals surface area contributed by atoms with E-state index in [0.717, 1.165) is 4.34 Å². The Balaban J connectivity index is 2.36. The highest BCUT2D eigenvalue weighted by Gasteiger charge is 2.12. The van der Waals surface area contributed by atoms with E-state index in [0.29, 0.717) is 9.92 Å². The SMILES string of the molecule is O=C(O)c1cc(Cl)ccc1Sc1nccs1. The summed E-state index contributed by atoms with van der Waals surface area (Å²) < 4.78 is 0.810. The summed E-state index contributed by atoms with van der Waals surface area (Å²) in [7, 11) is 0. The van der Waals surface area contributed by atoms with Gasteiger partial charge in [0.2, 0.25) is 0 Å². The number of carbonyl (C=O) groups is 1. The Labute approximate surface area is 105 Å². The Bertz CT molecular complexity index is 514. The highest BCUT2D eigenvalue weighted by molar-refractivity contribution is 8.01. The highest BCUT2D eigenvalue weighted by atomic mass is 35.5. The minimum atomic E-state index is -0.985. The predicted molar refractivity (Wildman–Crippen MR) is 64.6 cm³/mol. The van der Waals surface area contributed by atoms with Gasteiger partial charge in [-0.05, 0) is 18.2 Å². The molecule has 1 heterocycles. The molecule has 0 aliphatic carbocycles. The maximum absolute atomic E-state index is 11.0. The molecule has 3 nitrogen and oxygen atoms in total. The number of thiazole rings is 1. The molecule has 0 atom stereocenters. The third kappa shape index (κ3) is 2.55. The van der Waals surface area contributed by atoms with Crippen LogP contribution in [0, 0.1) is 0 Å². The summed E-state index contributed by atoms with van der Waals surface area (Å²) in [6.07, 6.45) is 1.68. The lowest BCUT2D eigenvalue weighted by molar-refractivity contribution is 0.0693. The monoisotopic (exact) mass is 271 g/mol. The topological polar surface area (TPSA) is 50.2 Å². The van der Waals surface area contributed by atoms with Gasteiger partial charge in [-0.1, -0.05) is 23.4 Å². The third-order valence-electron chi connectivity index (χ3n) is 1.78. The normalized spacial score (nSPS) is 10.3. The first-order valence-corrected chi connectivity index (χ1v) is 6.34. The summed E-state index contributed by atoms with van der Waals surface area (Å²) in [5.41, 5.74) is 0.202. The van der Waals surface area contributed by atoms with Gasteiger partial charge < -0.3 is 5.11 Å². The van der Waals surface area contributed by atoms with Crippen LogP contribution in [0.2, 0.25) is 5.02 Å². The van der Waals surface area contributed by atoms with Crippen molar-refractivity contribution in [3.63, 3.8) is 0 Å². The van der Waals surface area contributed by atoms with Crippen LogP contribution in [-0.2, 0) is 0 Å². The van der Waals surface area contributed by atoms with Gasteiger partial charge in [0.1, 0.15) is 0 Å². The number of aromatic nitrogens is 1. The van der Waals surface area contributed by atoms with E-state index in [1.807, 2.05) is 5.38 Å². The van der Waals surface area contributed by atoms with Crippen molar-refractivity contribution < 1.29 is 9.90 Å². The quantitative estimate of drug-likeness (QED) is 0.926. The molecule has 0 aliphatic heterocycles. The van der Waals surface area contributed by atoms with Crippen molar-refractivity contribution in [1.29, 1.82) is 0 Å². The molecule has 2 aromatic rings. The Morgan fingerprint density at radius 2 is 2.31 bits per heavy atom. The van der Waals surface area contributed by atoms with Crippen molar-refractivity contribution in [2.45, 2.75) is 9.24 Å². The number of carboxylic acids is 1. The van der Waals surface area contributed by atoms with E-state index in [1.54, 1.807) is 18.3 Å². The van der Waals surface area contributed by atoms with E-state index in [9.17, 15) is 4.79 Å². The van der Waals surface area contributed by atoms with Crippen molar-refractivity contribution in [1.82, 2.24) is 4.98 Å². The van der Waals surface area contributed by atoms with Crippen molar-refractivity contribution in [2.75, 3.05) is 0 Å². The van der Waals surface area contributed by atoms with Crippen molar-refractivity contribution >= 4 is 40.7 Å². The van der Waals surface area contributed by atoms with Gasteiger partial charge in [-0.2, -0.15) is 0 Å². The average Bonchev–Trinajstić information content (AvgIpc) is 2.73. The second-order valence-electron chi connectivity index (χ2n) is 2.85. The fraction of sp³-hybridized carbons (Fsp3) is 0. The minimum absolute atomic E-state index is 0.202. The number of halogens is 1. The summed E-state index contributed by atoms with van der Waals surface area (Å²) in [4.78, 5) is 15.7. The number of benzene rings is 1. The Morgan fingerprint density at radius 3 is 2.94 bits per heavy atom. The summed E-state index contributed by atoms with van der Waals surface area (Å²) in [5, 5.41) is 11.3. The first kappa shape index (κ1) is 11.4. The maximum atomic E-state index is 11.0. The van der Waals surface area contributed by atoms with Gasteiger partial charge in [0.25, 0.3) is 0 Å². The largest absolute Gasteiger partial charge is 0.478 e. The van der Waals surface area contributed by atoms with Crippen molar-refractivity contribution in [3.05, 3.63) is 40.4 Å². The smallest absolute Gasteiger partial charge is 0.336 e. The first-order valence-electron chi connectivity index (χ1n) is 4.27. The van der Waals surface area contributed by atoms with Gasteiger partial charge in [0.05, 0.1) is 5.56 Å². The second-order valence-corrected chi connectivity index (χ2v) is 5.47. The molecule has 16 heavy (non-hydrogen) atoms. The lowest BCUT2D eigenvalue weighted by Gasteiger charge is -2.03. The van der Waals surface area contributed by atoms with Crippen LogP contribution in [0.25, 0.3) is 0 Å². The van der Waals surface area contributed by atoms with Crippen molar-refractivity contribution in [3.8, 4) is 0 Å². The molecule has 0 unspecified atom stereocenters. The van der Waals surface area contributed by atoms with Gasteiger partial charge in [-0.3, -0.25) is 0 Å². The zero-order valence-electron chi connectivity index (χ0n) is 7.88. The van der Waals surface area contributed by atoms with E-state index >= 15 is 0 Å². The fourth-order valence-corrected chi connectivity index (χ4v) is 2.97. The molecule has 0 saturated heterocycles. The Morgan fingerprint density at radius 1 is 1.50 bits per heavy atom. The molecule has 0 saturated carbocycles. The molecule has 82 valence electrons. The molecule has 1 aromatic carbocycles. The Hall–Kier alpha value is -1.04. The minimum Gasteiger partial charge on any atom is -0.478 e. The van der Waals surface area contributed by atoms with Crippen LogP contribution in [0.15, 0.2) is 39.0 Å². The van der Waals surface area contributed by atoms with Crippen LogP contribution >= 0.6 is 34.7 Å². The molecule has 0 radical (unpaired) electrons. The van der Waals surface area contributed by atoms with Crippen LogP contribution in [0.1, 0.15) is 10.4 Å². The van der Waals surface area contributed by atoms with Gasteiger partial charge in [-0.25, -0.2) is 9.78 Å². The summed E-state index contributed by atoms with van der Waals surface area (Å²) >= 11 is 8.55. The Kier molecular flexibility index (Phi) is 3.48. The highest BCUT2D eigenvalue weighted by Crippen LogP contribution is 2.33. The number of hydrogen-bond acceptors (Lipinski definition) is 4. The van der Waals surface area contributed by atoms with Crippen LogP contribution in [0.4, 0.5) is 0 Å². The summed E-state index contributed by atoms with van der Waals surface area (Å²) in [6.45, 7) is 0. The lowest BCUT2D eigenvalue weighted by Crippen LogP contribution is -1.98. The number of carboxylic acid groups (broad SMARTS) is 1. The molecule has 0 aliphatic rings. The molecule has 0 fully saturated rings. The average molecular weight is 272 g/mol. The van der Waals surface area contributed by atoms with Crippen molar-refractivity contribution in [2.24, 2.45) is 0 Å². The zero-order valence-corrected chi connectivity index (χ0v) is 10.3. The number of rotatable bonds is 3. The van der Waals surface area contributed by atoms with Gasteiger partial charge in [0.15, 0.2) is 4.34 Å². The van der Waals surface area contributed by atoms with Gasteiger partial charge >= 0.3 is 5.97 Å². The van der Waals surface area contributed by atoms with Gasteiger partial charge in [-0.15, -0.1) is 11.3 Å². The predicted octanol–water partition coefficient (Wildman–Crippen LogP) is 3.65. The zero-order chi connectivity index (χ0) is 11.5. The molecule has 1 aromatic heterocycles. The summed E-state index contributed by atoms with van der Waals surface area (Å²) in [6, 6.07) is 4.81. The molecule has 1 N–H and O–H groups in total. The van der Waals surface area contributed by atoms with Crippen LogP contribution < -0.4 is 0 Å². The molecular formula is C10H6ClNO2S2. The summed E-state index contributed by atoms with van der Waals surface area (Å²) in [5.74, 6) is -0.985. The lowest BCUT2D eigenvalue weighted by atomic mass is 10.2. The van der Waals surface area contributed by atoms with Gasteiger partial charge in [0, 0.05) is 21.5 Å². The molecule has 0 amide bonds. The standard InChI is InChI=1S/C10H6ClNO2S2/c11-6-1-2-8(7(5-6)9(13)14)16-10-12-3-4-15-10/h1-5H,(H,13,14). The molecular weight excluding hydrogens is 266 g/mol. The van der Waals surface area contributed by atoms with Crippen LogP contribution in [0.5, 0.6) is 0 Å². The first-order chi connectivity index (χ1) is 7.66. The number of hydrogen-bond donors (Lipinski definition) is 1. The molecule has 2 rings (SSSR count). The van der Waals surface area contributed by atoms with Crippen LogP contribution in [-0.4, -0.2) is 16.1 Å². The van der Waals surface area contributed by atoms with E-state index < -0.39 is 5.97 Å².